The molecule has 0 spiro atoms. The second-order valence-corrected chi connectivity index (χ2v) is 8.00. The van der Waals surface area contributed by atoms with E-state index in [0.29, 0.717) is 11.0 Å². The smallest absolute Gasteiger partial charge is 0.228 e. The zero-order valence-corrected chi connectivity index (χ0v) is 14.6. The highest BCUT2D eigenvalue weighted by Crippen LogP contribution is 2.45. The van der Waals surface area contributed by atoms with Crippen LogP contribution in [0.3, 0.4) is 0 Å². The van der Waals surface area contributed by atoms with Gasteiger partial charge in [0, 0.05) is 17.2 Å². The third kappa shape index (κ3) is 4.45. The molecule has 0 saturated carbocycles. The van der Waals surface area contributed by atoms with Gasteiger partial charge in [0.05, 0.1) is 18.1 Å². The zero-order valence-electron chi connectivity index (χ0n) is 13.0. The maximum atomic E-state index is 12.2. The van der Waals surface area contributed by atoms with Gasteiger partial charge < -0.3 is 10.1 Å². The number of hydrogen-bond acceptors (Lipinski definition) is 4. The molecule has 1 aliphatic heterocycles. The topological polar surface area (TPSA) is 38.3 Å². The van der Waals surface area contributed by atoms with E-state index in [4.69, 9.17) is 4.74 Å². The van der Waals surface area contributed by atoms with E-state index in [9.17, 15) is 4.79 Å². The van der Waals surface area contributed by atoms with Gasteiger partial charge in [-0.3, -0.25) is 4.79 Å². The van der Waals surface area contributed by atoms with E-state index >= 15 is 0 Å². The number of rotatable bonds is 5. The van der Waals surface area contributed by atoms with Crippen molar-refractivity contribution in [3.05, 3.63) is 59.7 Å². The van der Waals surface area contributed by atoms with Gasteiger partial charge in [-0.25, -0.2) is 0 Å². The second kappa shape index (κ2) is 7.79. The number of thioether (sulfide) groups is 2. The van der Waals surface area contributed by atoms with Crippen LogP contribution < -0.4 is 10.1 Å². The Morgan fingerprint density at radius 3 is 2.61 bits per heavy atom. The van der Waals surface area contributed by atoms with Gasteiger partial charge in [-0.05, 0) is 35.4 Å². The molecule has 1 amide bonds. The SMILES string of the molecule is COc1ccc(CC(=O)Nc2cccc(C3SCCS3)c2)cc1. The third-order valence-electron chi connectivity index (χ3n) is 3.59. The van der Waals surface area contributed by atoms with E-state index in [1.807, 2.05) is 59.9 Å². The predicted molar refractivity (Wildman–Crippen MR) is 99.4 cm³/mol. The first-order chi connectivity index (χ1) is 11.2. The number of amides is 1. The van der Waals surface area contributed by atoms with Crippen LogP contribution in [0.4, 0.5) is 5.69 Å². The van der Waals surface area contributed by atoms with Crippen LogP contribution in [0.15, 0.2) is 48.5 Å². The van der Waals surface area contributed by atoms with E-state index < -0.39 is 0 Å². The Morgan fingerprint density at radius 1 is 1.17 bits per heavy atom. The van der Waals surface area contributed by atoms with Crippen LogP contribution in [0.25, 0.3) is 0 Å². The Balaban J connectivity index is 1.61. The number of carbonyl (C=O) groups excluding carboxylic acids is 1. The molecule has 1 aliphatic rings. The van der Waals surface area contributed by atoms with Crippen LogP contribution in [0, 0.1) is 0 Å². The lowest BCUT2D eigenvalue weighted by molar-refractivity contribution is -0.115. The predicted octanol–water partition coefficient (Wildman–Crippen LogP) is 4.36. The molecule has 3 rings (SSSR count). The number of nitrogens with one attached hydrogen (secondary N) is 1. The highest BCUT2D eigenvalue weighted by atomic mass is 32.2. The molecule has 0 aromatic heterocycles. The van der Waals surface area contributed by atoms with Gasteiger partial charge in [0.25, 0.3) is 0 Å². The molecule has 2 aromatic rings. The Morgan fingerprint density at radius 2 is 1.91 bits per heavy atom. The molecule has 3 nitrogen and oxygen atoms in total. The fraction of sp³-hybridized carbons (Fsp3) is 0.278. The number of hydrogen-bond donors (Lipinski definition) is 1. The minimum absolute atomic E-state index is 0.000884. The maximum absolute atomic E-state index is 12.2. The largest absolute Gasteiger partial charge is 0.497 e. The zero-order chi connectivity index (χ0) is 16.1. The normalized spacial score (nSPS) is 14.7. The Hall–Kier alpha value is -1.59. The quantitative estimate of drug-likeness (QED) is 0.874. The summed E-state index contributed by atoms with van der Waals surface area (Å²) in [5.74, 6) is 3.19. The molecule has 0 unspecified atom stereocenters. The molecule has 0 aliphatic carbocycles. The molecule has 1 fully saturated rings. The Kier molecular flexibility index (Phi) is 5.51. The third-order valence-corrected chi connectivity index (χ3v) is 6.69. The summed E-state index contributed by atoms with van der Waals surface area (Å²) in [5, 5.41) is 2.99. The van der Waals surface area contributed by atoms with Crippen LogP contribution in [-0.4, -0.2) is 24.5 Å². The van der Waals surface area contributed by atoms with Gasteiger partial charge in [0.15, 0.2) is 0 Å². The van der Waals surface area contributed by atoms with Crippen molar-refractivity contribution in [3.8, 4) is 5.75 Å². The summed E-state index contributed by atoms with van der Waals surface area (Å²) in [6, 6.07) is 15.8. The van der Waals surface area contributed by atoms with Crippen molar-refractivity contribution in [1.82, 2.24) is 0 Å². The molecular weight excluding hydrogens is 326 g/mol. The van der Waals surface area contributed by atoms with Crippen LogP contribution >= 0.6 is 23.5 Å². The molecule has 120 valence electrons. The number of carbonyl (C=O) groups is 1. The first-order valence-electron chi connectivity index (χ1n) is 7.50. The van der Waals surface area contributed by atoms with Crippen molar-refractivity contribution in [2.45, 2.75) is 11.0 Å². The molecule has 0 bridgehead atoms. The summed E-state index contributed by atoms with van der Waals surface area (Å²) >= 11 is 3.94. The van der Waals surface area contributed by atoms with Crippen LogP contribution in [0.1, 0.15) is 15.7 Å². The van der Waals surface area contributed by atoms with E-state index in [-0.39, 0.29) is 5.91 Å². The Labute approximate surface area is 145 Å². The van der Waals surface area contributed by atoms with Gasteiger partial charge in [0.2, 0.25) is 5.91 Å². The fourth-order valence-corrected chi connectivity index (χ4v) is 5.29. The van der Waals surface area contributed by atoms with E-state index in [1.54, 1.807) is 7.11 Å². The van der Waals surface area contributed by atoms with Gasteiger partial charge in [0.1, 0.15) is 5.75 Å². The van der Waals surface area contributed by atoms with E-state index in [1.165, 1.54) is 17.1 Å². The average Bonchev–Trinajstić information content (AvgIpc) is 3.10. The van der Waals surface area contributed by atoms with Gasteiger partial charge in [-0.1, -0.05) is 24.3 Å². The van der Waals surface area contributed by atoms with Crippen molar-refractivity contribution in [2.24, 2.45) is 0 Å². The minimum atomic E-state index is -0.000884. The summed E-state index contributed by atoms with van der Waals surface area (Å²) in [4.78, 5) is 12.2. The summed E-state index contributed by atoms with van der Waals surface area (Å²) in [6.07, 6.45) is 0.362. The van der Waals surface area contributed by atoms with Gasteiger partial charge >= 0.3 is 0 Å². The van der Waals surface area contributed by atoms with Gasteiger partial charge in [-0.2, -0.15) is 0 Å². The van der Waals surface area contributed by atoms with Gasteiger partial charge in [-0.15, -0.1) is 23.5 Å². The van der Waals surface area contributed by atoms with Crippen molar-refractivity contribution >= 4 is 35.1 Å². The molecule has 1 saturated heterocycles. The summed E-state index contributed by atoms with van der Waals surface area (Å²) in [7, 11) is 1.63. The molecule has 5 heteroatoms. The highest BCUT2D eigenvalue weighted by Gasteiger charge is 2.18. The number of benzene rings is 2. The molecular formula is C18H19NO2S2. The lowest BCUT2D eigenvalue weighted by atomic mass is 10.1. The van der Waals surface area contributed by atoms with Crippen molar-refractivity contribution in [2.75, 3.05) is 23.9 Å². The molecule has 2 aromatic carbocycles. The second-order valence-electron chi connectivity index (χ2n) is 5.27. The standard InChI is InChI=1S/C18H19NO2S2/c1-21-16-7-5-13(6-8-16)11-17(20)19-15-4-2-3-14(12-15)18-22-9-10-23-18/h2-8,12,18H,9-11H2,1H3,(H,19,20). The lowest BCUT2D eigenvalue weighted by Crippen LogP contribution is -2.14. The average molecular weight is 345 g/mol. The van der Waals surface area contributed by atoms with Crippen LogP contribution in [0.5, 0.6) is 5.75 Å². The van der Waals surface area contributed by atoms with Crippen molar-refractivity contribution < 1.29 is 9.53 Å². The molecule has 23 heavy (non-hydrogen) atoms. The summed E-state index contributed by atoms with van der Waals surface area (Å²) in [6.45, 7) is 0. The minimum Gasteiger partial charge on any atom is -0.497 e. The maximum Gasteiger partial charge on any atom is 0.228 e. The first-order valence-corrected chi connectivity index (χ1v) is 9.60. The molecule has 1 N–H and O–H groups in total. The number of anilines is 1. The van der Waals surface area contributed by atoms with Crippen molar-refractivity contribution in [1.29, 1.82) is 0 Å². The monoisotopic (exact) mass is 345 g/mol. The first kappa shape index (κ1) is 16.3. The lowest BCUT2D eigenvalue weighted by Gasteiger charge is -2.11. The van der Waals surface area contributed by atoms with Crippen LogP contribution in [-0.2, 0) is 11.2 Å². The number of ether oxygens (including phenoxy) is 1. The molecule has 1 heterocycles. The van der Waals surface area contributed by atoms with Crippen LogP contribution in [0.2, 0.25) is 0 Å². The molecule has 0 atom stereocenters. The van der Waals surface area contributed by atoms with E-state index in [2.05, 4.69) is 17.4 Å². The highest BCUT2D eigenvalue weighted by molar-refractivity contribution is 8.19. The number of methoxy groups -OCH3 is 1. The Bertz CT molecular complexity index is 667. The fourth-order valence-electron chi connectivity index (χ4n) is 2.45. The summed E-state index contributed by atoms with van der Waals surface area (Å²) < 4.78 is 5.62. The van der Waals surface area contributed by atoms with E-state index in [0.717, 1.165) is 17.0 Å². The molecule has 0 radical (unpaired) electrons. The van der Waals surface area contributed by atoms with Crippen molar-refractivity contribution in [3.63, 3.8) is 0 Å². The summed E-state index contributed by atoms with van der Waals surface area (Å²) in [5.41, 5.74) is 3.12.